The third-order valence-corrected chi connectivity index (χ3v) is 4.51. The van der Waals surface area contributed by atoms with Crippen molar-refractivity contribution in [1.29, 1.82) is 0 Å². The molecule has 3 heteroatoms. The Hall–Kier alpha value is -2.55. The third kappa shape index (κ3) is 2.52. The van der Waals surface area contributed by atoms with Crippen LogP contribution in [0.15, 0.2) is 42.5 Å². The van der Waals surface area contributed by atoms with Crippen LogP contribution in [0.3, 0.4) is 0 Å². The van der Waals surface area contributed by atoms with Crippen molar-refractivity contribution in [3.05, 3.63) is 59.3 Å². The van der Waals surface area contributed by atoms with E-state index < -0.39 is 0 Å². The van der Waals surface area contributed by atoms with Crippen LogP contribution in [0.25, 0.3) is 10.9 Å². The van der Waals surface area contributed by atoms with Crippen LogP contribution in [-0.2, 0) is 12.8 Å². The minimum atomic E-state index is 0.862. The predicted molar refractivity (Wildman–Crippen MR) is 94.8 cm³/mol. The summed E-state index contributed by atoms with van der Waals surface area (Å²) in [5.41, 5.74) is 7.19. The average molecular weight is 304 g/mol. The van der Waals surface area contributed by atoms with Crippen molar-refractivity contribution in [3.63, 3.8) is 0 Å². The van der Waals surface area contributed by atoms with Crippen LogP contribution in [-0.4, -0.2) is 12.1 Å². The molecule has 116 valence electrons. The highest BCUT2D eigenvalue weighted by Crippen LogP contribution is 2.36. The summed E-state index contributed by atoms with van der Waals surface area (Å²) in [6.45, 7) is 2.13. The van der Waals surface area contributed by atoms with Gasteiger partial charge in [-0.1, -0.05) is 17.7 Å². The topological polar surface area (TPSA) is 34.1 Å². The van der Waals surface area contributed by atoms with E-state index in [0.29, 0.717) is 0 Å². The highest BCUT2D eigenvalue weighted by Gasteiger charge is 2.19. The first-order chi connectivity index (χ1) is 11.2. The average Bonchev–Trinajstić information content (AvgIpc) is 3.03. The predicted octanol–water partition coefficient (Wildman–Crippen LogP) is 4.78. The lowest BCUT2D eigenvalue weighted by molar-refractivity contribution is 0.415. The van der Waals surface area contributed by atoms with Crippen LogP contribution in [0.4, 0.5) is 11.4 Å². The van der Waals surface area contributed by atoms with Gasteiger partial charge in [-0.3, -0.25) is 4.98 Å². The van der Waals surface area contributed by atoms with E-state index in [0.717, 1.165) is 29.8 Å². The Labute approximate surface area is 136 Å². The second kappa shape index (κ2) is 5.58. The van der Waals surface area contributed by atoms with E-state index in [-0.39, 0.29) is 0 Å². The Morgan fingerprint density at radius 1 is 1.09 bits per heavy atom. The molecule has 0 atom stereocenters. The lowest BCUT2D eigenvalue weighted by Crippen LogP contribution is -2.00. The highest BCUT2D eigenvalue weighted by atomic mass is 16.5. The van der Waals surface area contributed by atoms with E-state index in [2.05, 4.69) is 36.5 Å². The first-order valence-electron chi connectivity index (χ1n) is 8.08. The number of methoxy groups -OCH3 is 1. The Balaban J connectivity index is 1.88. The molecule has 1 aromatic heterocycles. The number of ether oxygens (including phenoxy) is 1. The number of rotatable bonds is 3. The summed E-state index contributed by atoms with van der Waals surface area (Å²) in [7, 11) is 1.70. The fraction of sp³-hybridized carbons (Fsp3) is 0.250. The molecule has 0 radical (unpaired) electrons. The molecule has 0 spiro atoms. The number of hydrogen-bond donors (Lipinski definition) is 1. The van der Waals surface area contributed by atoms with Gasteiger partial charge in [0.25, 0.3) is 0 Å². The molecule has 1 aliphatic rings. The normalized spacial score (nSPS) is 13.1. The molecule has 1 aliphatic carbocycles. The van der Waals surface area contributed by atoms with Crippen LogP contribution < -0.4 is 10.1 Å². The van der Waals surface area contributed by atoms with Gasteiger partial charge in [-0.2, -0.15) is 0 Å². The van der Waals surface area contributed by atoms with Crippen LogP contribution >= 0.6 is 0 Å². The van der Waals surface area contributed by atoms with E-state index >= 15 is 0 Å². The van der Waals surface area contributed by atoms with E-state index in [1.165, 1.54) is 34.3 Å². The first-order valence-corrected chi connectivity index (χ1v) is 8.08. The number of nitrogens with one attached hydrogen (secondary N) is 1. The zero-order valence-electron chi connectivity index (χ0n) is 13.5. The minimum Gasteiger partial charge on any atom is -0.497 e. The smallest absolute Gasteiger partial charge is 0.120 e. The maximum atomic E-state index is 5.34. The fourth-order valence-corrected chi connectivity index (χ4v) is 3.36. The lowest BCUT2D eigenvalue weighted by Gasteiger charge is -2.15. The molecule has 0 amide bonds. The Kier molecular flexibility index (Phi) is 3.41. The number of fused-ring (bicyclic) bond motifs is 2. The number of hydrogen-bond acceptors (Lipinski definition) is 3. The molecule has 1 heterocycles. The molecule has 0 bridgehead atoms. The van der Waals surface area contributed by atoms with E-state index in [1.54, 1.807) is 7.11 Å². The van der Waals surface area contributed by atoms with Gasteiger partial charge in [0, 0.05) is 22.8 Å². The SMILES string of the molecule is COc1cccc(Nc2c3c(nc4ccc(C)cc24)CCC3)c1. The van der Waals surface area contributed by atoms with Crippen molar-refractivity contribution in [2.24, 2.45) is 0 Å². The van der Waals surface area contributed by atoms with Crippen LogP contribution in [0.5, 0.6) is 5.75 Å². The van der Waals surface area contributed by atoms with E-state index in [1.807, 2.05) is 18.2 Å². The van der Waals surface area contributed by atoms with Gasteiger partial charge in [0.2, 0.25) is 0 Å². The molecule has 23 heavy (non-hydrogen) atoms. The fourth-order valence-electron chi connectivity index (χ4n) is 3.36. The molecular weight excluding hydrogens is 284 g/mol. The molecular formula is C20H20N2O. The molecule has 0 aliphatic heterocycles. The standard InChI is InChI=1S/C20H20N2O/c1-13-9-10-19-17(11-13)20(16-7-4-8-18(16)22-19)21-14-5-3-6-15(12-14)23-2/h3,5-6,9-12H,4,7-8H2,1-2H3,(H,21,22). The first kappa shape index (κ1) is 14.1. The highest BCUT2D eigenvalue weighted by molar-refractivity contribution is 5.96. The lowest BCUT2D eigenvalue weighted by atomic mass is 10.0. The van der Waals surface area contributed by atoms with Crippen molar-refractivity contribution >= 4 is 22.3 Å². The number of aryl methyl sites for hydroxylation is 2. The van der Waals surface area contributed by atoms with Crippen molar-refractivity contribution in [3.8, 4) is 5.75 Å². The molecule has 0 saturated carbocycles. The Bertz CT molecular complexity index is 886. The number of anilines is 2. The summed E-state index contributed by atoms with van der Waals surface area (Å²) in [6, 6.07) is 14.6. The second-order valence-corrected chi connectivity index (χ2v) is 6.14. The van der Waals surface area contributed by atoms with Gasteiger partial charge in [-0.25, -0.2) is 0 Å². The molecule has 0 saturated heterocycles. The van der Waals surface area contributed by atoms with Crippen molar-refractivity contribution in [1.82, 2.24) is 4.98 Å². The van der Waals surface area contributed by atoms with Crippen LogP contribution in [0.1, 0.15) is 23.2 Å². The van der Waals surface area contributed by atoms with E-state index in [4.69, 9.17) is 9.72 Å². The van der Waals surface area contributed by atoms with Gasteiger partial charge in [-0.05, 0) is 56.0 Å². The van der Waals surface area contributed by atoms with Crippen molar-refractivity contribution in [2.75, 3.05) is 12.4 Å². The summed E-state index contributed by atoms with van der Waals surface area (Å²) in [6.07, 6.45) is 3.36. The number of benzene rings is 2. The van der Waals surface area contributed by atoms with Gasteiger partial charge in [0.1, 0.15) is 5.75 Å². The third-order valence-electron chi connectivity index (χ3n) is 4.51. The van der Waals surface area contributed by atoms with Gasteiger partial charge >= 0.3 is 0 Å². The molecule has 3 nitrogen and oxygen atoms in total. The summed E-state index contributed by atoms with van der Waals surface area (Å²) in [4.78, 5) is 4.87. The maximum Gasteiger partial charge on any atom is 0.120 e. The number of aromatic nitrogens is 1. The molecule has 0 unspecified atom stereocenters. The van der Waals surface area contributed by atoms with Crippen LogP contribution in [0.2, 0.25) is 0 Å². The van der Waals surface area contributed by atoms with Crippen molar-refractivity contribution in [2.45, 2.75) is 26.2 Å². The summed E-state index contributed by atoms with van der Waals surface area (Å²) in [5, 5.41) is 4.83. The maximum absolute atomic E-state index is 5.34. The Morgan fingerprint density at radius 2 is 2.00 bits per heavy atom. The second-order valence-electron chi connectivity index (χ2n) is 6.14. The summed E-state index contributed by atoms with van der Waals surface area (Å²) in [5.74, 6) is 0.862. The molecule has 3 aromatic rings. The molecule has 1 N–H and O–H groups in total. The van der Waals surface area contributed by atoms with E-state index in [9.17, 15) is 0 Å². The number of nitrogens with zero attached hydrogens (tertiary/aromatic N) is 1. The van der Waals surface area contributed by atoms with Crippen LogP contribution in [0, 0.1) is 6.92 Å². The van der Waals surface area contributed by atoms with Crippen molar-refractivity contribution < 1.29 is 4.74 Å². The minimum absolute atomic E-state index is 0.862. The zero-order chi connectivity index (χ0) is 15.8. The monoisotopic (exact) mass is 304 g/mol. The van der Waals surface area contributed by atoms with Gasteiger partial charge in [0.05, 0.1) is 18.3 Å². The molecule has 4 rings (SSSR count). The van der Waals surface area contributed by atoms with Gasteiger partial charge < -0.3 is 10.1 Å². The largest absolute Gasteiger partial charge is 0.497 e. The summed E-state index contributed by atoms with van der Waals surface area (Å²) < 4.78 is 5.34. The Morgan fingerprint density at radius 3 is 2.87 bits per heavy atom. The molecule has 2 aromatic carbocycles. The summed E-state index contributed by atoms with van der Waals surface area (Å²) >= 11 is 0. The molecule has 0 fully saturated rings. The number of pyridine rings is 1. The zero-order valence-corrected chi connectivity index (χ0v) is 13.5. The quantitative estimate of drug-likeness (QED) is 0.756. The van der Waals surface area contributed by atoms with Gasteiger partial charge in [-0.15, -0.1) is 0 Å². The van der Waals surface area contributed by atoms with Gasteiger partial charge in [0.15, 0.2) is 0 Å².